The smallest absolute Gasteiger partial charge is 0.221 e. The Morgan fingerprint density at radius 2 is 2.14 bits per heavy atom. The summed E-state index contributed by atoms with van der Waals surface area (Å²) in [6.45, 7) is 6.59. The van der Waals surface area contributed by atoms with Crippen molar-refractivity contribution in [3.05, 3.63) is 50.1 Å². The molecule has 1 heterocycles. The molecule has 1 unspecified atom stereocenters. The number of benzene rings is 1. The molecule has 0 aliphatic carbocycles. The maximum atomic E-state index is 11.1. The average molecular weight is 367 g/mol. The average Bonchev–Trinajstić information content (AvgIpc) is 2.75. The Morgan fingerprint density at radius 3 is 2.76 bits per heavy atom. The zero-order valence-corrected chi connectivity index (χ0v) is 14.8. The molecule has 3 nitrogen and oxygen atoms in total. The zero-order valence-electron chi connectivity index (χ0n) is 12.4. The van der Waals surface area contributed by atoms with Gasteiger partial charge >= 0.3 is 0 Å². The van der Waals surface area contributed by atoms with Gasteiger partial charge < -0.3 is 10.6 Å². The third-order valence-corrected chi connectivity index (χ3v) is 5.33. The summed E-state index contributed by atoms with van der Waals surface area (Å²) in [6.07, 6.45) is 0. The van der Waals surface area contributed by atoms with Crippen LogP contribution >= 0.6 is 27.3 Å². The fourth-order valence-corrected chi connectivity index (χ4v) is 3.62. The van der Waals surface area contributed by atoms with Crippen LogP contribution in [0.4, 0.5) is 5.69 Å². The summed E-state index contributed by atoms with van der Waals surface area (Å²) in [6, 6.07) is 10.3. The van der Waals surface area contributed by atoms with Gasteiger partial charge in [0.05, 0.1) is 0 Å². The summed E-state index contributed by atoms with van der Waals surface area (Å²) in [4.78, 5) is 13.7. The predicted octanol–water partition coefficient (Wildman–Crippen LogP) is 4.63. The van der Waals surface area contributed by atoms with E-state index in [-0.39, 0.29) is 11.9 Å². The molecule has 2 N–H and O–H groups in total. The molecule has 1 aromatic carbocycles. The highest BCUT2D eigenvalue weighted by Crippen LogP contribution is 2.27. The van der Waals surface area contributed by atoms with Crippen molar-refractivity contribution in [2.24, 2.45) is 0 Å². The second kappa shape index (κ2) is 7.20. The molecular formula is C16H19BrN2OS. The number of anilines is 1. The molecule has 112 valence electrons. The lowest BCUT2D eigenvalue weighted by Gasteiger charge is -2.15. The van der Waals surface area contributed by atoms with Gasteiger partial charge in [-0.15, -0.1) is 11.3 Å². The number of halogens is 1. The largest absolute Gasteiger partial charge is 0.326 e. The number of hydrogen-bond donors (Lipinski definition) is 2. The number of rotatable bonds is 5. The van der Waals surface area contributed by atoms with Gasteiger partial charge in [0.15, 0.2) is 0 Å². The van der Waals surface area contributed by atoms with Crippen LogP contribution in [0.25, 0.3) is 0 Å². The molecule has 0 spiro atoms. The van der Waals surface area contributed by atoms with Gasteiger partial charge in [-0.1, -0.05) is 12.1 Å². The van der Waals surface area contributed by atoms with Gasteiger partial charge in [-0.2, -0.15) is 0 Å². The first-order chi connectivity index (χ1) is 9.95. The molecule has 1 aromatic heterocycles. The quantitative estimate of drug-likeness (QED) is 0.809. The lowest BCUT2D eigenvalue weighted by Crippen LogP contribution is -2.17. The Hall–Kier alpha value is -1.17. The number of hydrogen-bond acceptors (Lipinski definition) is 3. The highest BCUT2D eigenvalue weighted by atomic mass is 79.9. The van der Waals surface area contributed by atoms with Crippen LogP contribution in [0.15, 0.2) is 34.8 Å². The molecule has 0 radical (unpaired) electrons. The van der Waals surface area contributed by atoms with Gasteiger partial charge in [0.2, 0.25) is 5.91 Å². The van der Waals surface area contributed by atoms with Gasteiger partial charge in [0.1, 0.15) is 0 Å². The summed E-state index contributed by atoms with van der Waals surface area (Å²) in [5, 5.41) is 6.33. The van der Waals surface area contributed by atoms with Crippen molar-refractivity contribution in [1.82, 2.24) is 5.32 Å². The summed E-state index contributed by atoms with van der Waals surface area (Å²) in [5.41, 5.74) is 2.00. The van der Waals surface area contributed by atoms with Gasteiger partial charge in [-0.25, -0.2) is 0 Å². The minimum absolute atomic E-state index is 0.0494. The van der Waals surface area contributed by atoms with E-state index in [1.165, 1.54) is 21.2 Å². The molecule has 0 aliphatic heterocycles. The normalized spacial score (nSPS) is 12.2. The van der Waals surface area contributed by atoms with E-state index in [9.17, 15) is 4.79 Å². The van der Waals surface area contributed by atoms with Crippen LogP contribution in [0, 0.1) is 6.92 Å². The molecule has 2 aromatic rings. The molecule has 21 heavy (non-hydrogen) atoms. The standard InChI is InChI=1S/C16H19BrN2OS/c1-10(18-9-15-8-16(17)11(2)21-15)13-5-4-6-14(7-13)19-12(3)20/h4-8,10,18H,9H2,1-3H3,(H,19,20). The van der Waals surface area contributed by atoms with Gasteiger partial charge in [0, 0.05) is 39.4 Å². The summed E-state index contributed by atoms with van der Waals surface area (Å²) < 4.78 is 1.17. The number of carbonyl (C=O) groups is 1. The van der Waals surface area contributed by atoms with Gasteiger partial charge in [0.25, 0.3) is 0 Å². The van der Waals surface area contributed by atoms with E-state index in [4.69, 9.17) is 0 Å². The molecule has 1 amide bonds. The van der Waals surface area contributed by atoms with E-state index in [1.807, 2.05) is 18.2 Å². The molecule has 1 atom stereocenters. The third kappa shape index (κ3) is 4.66. The van der Waals surface area contributed by atoms with Gasteiger partial charge in [-0.3, -0.25) is 4.79 Å². The Morgan fingerprint density at radius 1 is 1.38 bits per heavy atom. The van der Waals surface area contributed by atoms with Crippen LogP contribution in [-0.4, -0.2) is 5.91 Å². The van der Waals surface area contributed by atoms with E-state index >= 15 is 0 Å². The number of carbonyl (C=O) groups excluding carboxylic acids is 1. The molecule has 5 heteroatoms. The van der Waals surface area contributed by atoms with Crippen LogP contribution < -0.4 is 10.6 Å². The van der Waals surface area contributed by atoms with E-state index in [2.05, 4.69) is 52.5 Å². The Labute approximate surface area is 137 Å². The second-order valence-electron chi connectivity index (χ2n) is 5.03. The Kier molecular flexibility index (Phi) is 5.56. The summed E-state index contributed by atoms with van der Waals surface area (Å²) in [5.74, 6) is -0.0494. The third-order valence-electron chi connectivity index (χ3n) is 3.20. The van der Waals surface area contributed by atoms with Crippen LogP contribution in [0.5, 0.6) is 0 Å². The van der Waals surface area contributed by atoms with E-state index in [1.54, 1.807) is 11.3 Å². The topological polar surface area (TPSA) is 41.1 Å². The molecule has 2 rings (SSSR count). The van der Waals surface area contributed by atoms with Crippen molar-refractivity contribution >= 4 is 38.9 Å². The Balaban J connectivity index is 1.99. The highest BCUT2D eigenvalue weighted by molar-refractivity contribution is 9.10. The molecule has 0 bridgehead atoms. The van der Waals surface area contributed by atoms with Crippen LogP contribution in [0.1, 0.15) is 35.2 Å². The molecule has 0 saturated carbocycles. The number of nitrogens with one attached hydrogen (secondary N) is 2. The van der Waals surface area contributed by atoms with Crippen molar-refractivity contribution in [3.63, 3.8) is 0 Å². The summed E-state index contributed by atoms with van der Waals surface area (Å²) in [7, 11) is 0. The summed E-state index contributed by atoms with van der Waals surface area (Å²) >= 11 is 5.34. The first-order valence-corrected chi connectivity index (χ1v) is 8.42. The van der Waals surface area contributed by atoms with E-state index in [0.29, 0.717) is 0 Å². The van der Waals surface area contributed by atoms with E-state index < -0.39 is 0 Å². The number of thiophene rings is 1. The molecular weight excluding hydrogens is 348 g/mol. The fourth-order valence-electron chi connectivity index (χ4n) is 2.07. The SMILES string of the molecule is CC(=O)Nc1cccc(C(C)NCc2cc(Br)c(C)s2)c1. The fraction of sp³-hybridized carbons (Fsp3) is 0.312. The minimum Gasteiger partial charge on any atom is -0.326 e. The second-order valence-corrected chi connectivity index (χ2v) is 7.22. The highest BCUT2D eigenvalue weighted by Gasteiger charge is 2.08. The van der Waals surface area contributed by atoms with Crippen molar-refractivity contribution in [2.45, 2.75) is 33.4 Å². The maximum Gasteiger partial charge on any atom is 0.221 e. The van der Waals surface area contributed by atoms with Crippen molar-refractivity contribution in [1.29, 1.82) is 0 Å². The Bertz CT molecular complexity index is 619. The van der Waals surface area contributed by atoms with Gasteiger partial charge in [-0.05, 0) is 53.5 Å². The van der Waals surface area contributed by atoms with Crippen LogP contribution in [0.3, 0.4) is 0 Å². The number of amides is 1. The monoisotopic (exact) mass is 366 g/mol. The maximum absolute atomic E-state index is 11.1. The molecule has 0 saturated heterocycles. The lowest BCUT2D eigenvalue weighted by molar-refractivity contribution is -0.114. The van der Waals surface area contributed by atoms with Crippen molar-refractivity contribution < 1.29 is 4.79 Å². The molecule has 0 fully saturated rings. The predicted molar refractivity (Wildman–Crippen MR) is 92.8 cm³/mol. The zero-order chi connectivity index (χ0) is 15.4. The number of aryl methyl sites for hydroxylation is 1. The van der Waals surface area contributed by atoms with Crippen LogP contribution in [-0.2, 0) is 11.3 Å². The van der Waals surface area contributed by atoms with Crippen molar-refractivity contribution in [2.75, 3.05) is 5.32 Å². The first-order valence-electron chi connectivity index (χ1n) is 6.81. The van der Waals surface area contributed by atoms with E-state index in [0.717, 1.165) is 17.8 Å². The van der Waals surface area contributed by atoms with Crippen molar-refractivity contribution in [3.8, 4) is 0 Å². The first kappa shape index (κ1) is 16.2. The van der Waals surface area contributed by atoms with Crippen LogP contribution in [0.2, 0.25) is 0 Å². The molecule has 0 aliphatic rings. The minimum atomic E-state index is -0.0494. The lowest BCUT2D eigenvalue weighted by atomic mass is 10.1.